The van der Waals surface area contributed by atoms with Gasteiger partial charge in [-0.05, 0) is 31.0 Å². The van der Waals surface area contributed by atoms with Crippen molar-refractivity contribution in [2.45, 2.75) is 50.6 Å². The predicted octanol–water partition coefficient (Wildman–Crippen LogP) is 3.48. The number of aryl methyl sites for hydroxylation is 1. The van der Waals surface area contributed by atoms with Gasteiger partial charge in [0.15, 0.2) is 5.16 Å². The Bertz CT molecular complexity index is 748. The molecule has 25 heavy (non-hydrogen) atoms. The minimum Gasteiger partial charge on any atom is -0.370 e. The van der Waals surface area contributed by atoms with Crippen LogP contribution < -0.4 is 5.73 Å². The number of hydrogen-bond acceptors (Lipinski definition) is 4. The fourth-order valence-corrected chi connectivity index (χ4v) is 3.44. The number of thioether (sulfide) groups is 1. The van der Waals surface area contributed by atoms with Gasteiger partial charge in [-0.3, -0.25) is 4.79 Å². The summed E-state index contributed by atoms with van der Waals surface area (Å²) in [6.07, 6.45) is 0.591. The summed E-state index contributed by atoms with van der Waals surface area (Å²) in [5.74, 6) is -0.325. The molecule has 0 bridgehead atoms. The summed E-state index contributed by atoms with van der Waals surface area (Å²) in [5, 5.41) is 8.59. The van der Waals surface area contributed by atoms with E-state index in [1.54, 1.807) is 6.92 Å². The molecule has 8 heteroatoms. The number of hydrogen-bond donors (Lipinski definition) is 1. The lowest BCUT2D eigenvalue weighted by molar-refractivity contribution is -0.118. The molecule has 0 aliphatic carbocycles. The van der Waals surface area contributed by atoms with Crippen molar-refractivity contribution in [1.29, 1.82) is 0 Å². The topological polar surface area (TPSA) is 73.8 Å². The molecule has 0 spiro atoms. The molecule has 5 nitrogen and oxygen atoms in total. The normalized spacial score (nSPS) is 12.6. The Labute approximate surface area is 150 Å². The highest BCUT2D eigenvalue weighted by molar-refractivity contribution is 7.99. The van der Waals surface area contributed by atoms with Gasteiger partial charge in [-0.1, -0.05) is 25.6 Å². The number of carbonyl (C=O) groups excluding carboxylic acids is 1. The van der Waals surface area contributed by atoms with E-state index in [1.807, 2.05) is 4.57 Å². The third kappa shape index (κ3) is 5.26. The Hall–Kier alpha value is -1.96. The monoisotopic (exact) mass is 368 g/mol. The molecule has 1 aromatic heterocycles. The first kappa shape index (κ1) is 19.4. The molecule has 1 atom stereocenters. The summed E-state index contributed by atoms with van der Waals surface area (Å²) in [5.41, 5.74) is 5.49. The predicted molar refractivity (Wildman–Crippen MR) is 93.0 cm³/mol. The van der Waals surface area contributed by atoms with Gasteiger partial charge in [0.1, 0.15) is 17.5 Å². The summed E-state index contributed by atoms with van der Waals surface area (Å²) in [4.78, 5) is 11.0. The van der Waals surface area contributed by atoms with Crippen LogP contribution >= 0.6 is 11.8 Å². The summed E-state index contributed by atoms with van der Waals surface area (Å²) in [6, 6.07) is 3.42. The molecule has 2 rings (SSSR count). The van der Waals surface area contributed by atoms with Gasteiger partial charge in [0.2, 0.25) is 5.91 Å². The van der Waals surface area contributed by atoms with Gasteiger partial charge in [0.05, 0.1) is 0 Å². The first-order valence-corrected chi connectivity index (χ1v) is 8.98. The number of rotatable bonds is 8. The van der Waals surface area contributed by atoms with E-state index in [0.717, 1.165) is 12.1 Å². The minimum absolute atomic E-state index is 0.189. The summed E-state index contributed by atoms with van der Waals surface area (Å²) < 4.78 is 29.3. The van der Waals surface area contributed by atoms with Crippen LogP contribution in [0, 0.1) is 17.6 Å². The molecule has 1 amide bonds. The average Bonchev–Trinajstić information content (AvgIpc) is 2.89. The summed E-state index contributed by atoms with van der Waals surface area (Å²) in [7, 11) is 0. The van der Waals surface area contributed by atoms with Crippen molar-refractivity contribution in [3.63, 3.8) is 0 Å². The van der Waals surface area contributed by atoms with Gasteiger partial charge in [-0.15, -0.1) is 10.2 Å². The van der Waals surface area contributed by atoms with E-state index in [2.05, 4.69) is 24.0 Å². The quantitative estimate of drug-likeness (QED) is 0.724. The third-order valence-corrected chi connectivity index (χ3v) is 4.73. The molecule has 0 aliphatic heterocycles. The van der Waals surface area contributed by atoms with Crippen LogP contribution in [0.3, 0.4) is 0 Å². The van der Waals surface area contributed by atoms with Crippen molar-refractivity contribution in [1.82, 2.24) is 14.8 Å². The molecule has 0 saturated carbocycles. The van der Waals surface area contributed by atoms with E-state index in [1.165, 1.54) is 17.8 Å². The van der Waals surface area contributed by atoms with Gasteiger partial charge in [-0.25, -0.2) is 8.78 Å². The molecule has 1 unspecified atom stereocenters. The molecule has 0 fully saturated rings. The highest BCUT2D eigenvalue weighted by Crippen LogP contribution is 2.36. The molecule has 2 aromatic rings. The standard InChI is InChI=1S/C17H22F2N4OS/c1-10(2)9-23-16(7-6-15(20)24)21-22-17(23)25-11(3)13-8-12(18)4-5-14(13)19/h4-5,8,10-11H,6-7,9H2,1-3H3,(H2,20,24). The Morgan fingerprint density at radius 3 is 2.64 bits per heavy atom. The van der Waals surface area contributed by atoms with E-state index in [9.17, 15) is 13.6 Å². The zero-order chi connectivity index (χ0) is 18.6. The number of benzene rings is 1. The third-order valence-electron chi connectivity index (χ3n) is 3.61. The number of carbonyl (C=O) groups is 1. The molecule has 0 radical (unpaired) electrons. The lowest BCUT2D eigenvalue weighted by Gasteiger charge is -2.15. The summed E-state index contributed by atoms with van der Waals surface area (Å²) >= 11 is 1.31. The van der Waals surface area contributed by atoms with Crippen LogP contribution in [0.5, 0.6) is 0 Å². The van der Waals surface area contributed by atoms with E-state index in [0.29, 0.717) is 29.9 Å². The van der Waals surface area contributed by atoms with Gasteiger partial charge >= 0.3 is 0 Å². The Kier molecular flexibility index (Phi) is 6.52. The molecule has 0 saturated heterocycles. The Balaban J connectivity index is 2.25. The van der Waals surface area contributed by atoms with Crippen LogP contribution in [0.2, 0.25) is 0 Å². The maximum absolute atomic E-state index is 14.0. The molecule has 1 heterocycles. The number of aromatic nitrogens is 3. The SMILES string of the molecule is CC(C)Cn1c(CCC(N)=O)nnc1SC(C)c1cc(F)ccc1F. The zero-order valence-corrected chi connectivity index (χ0v) is 15.3. The molecule has 0 aliphatic rings. The maximum atomic E-state index is 14.0. The second-order valence-corrected chi connectivity index (χ2v) is 7.60. The van der Waals surface area contributed by atoms with Crippen LogP contribution in [0.15, 0.2) is 23.4 Å². The highest BCUT2D eigenvalue weighted by atomic mass is 32.2. The number of nitrogens with two attached hydrogens (primary N) is 1. The highest BCUT2D eigenvalue weighted by Gasteiger charge is 2.20. The molecule has 136 valence electrons. The Morgan fingerprint density at radius 1 is 1.28 bits per heavy atom. The van der Waals surface area contributed by atoms with Crippen LogP contribution in [-0.4, -0.2) is 20.7 Å². The van der Waals surface area contributed by atoms with Crippen LogP contribution in [0.25, 0.3) is 0 Å². The molecular weight excluding hydrogens is 346 g/mol. The number of nitrogens with zero attached hydrogens (tertiary/aromatic N) is 3. The smallest absolute Gasteiger partial charge is 0.217 e. The lowest BCUT2D eigenvalue weighted by atomic mass is 10.1. The molecule has 1 aromatic carbocycles. The second-order valence-electron chi connectivity index (χ2n) is 6.30. The van der Waals surface area contributed by atoms with E-state index < -0.39 is 17.5 Å². The minimum atomic E-state index is -0.477. The van der Waals surface area contributed by atoms with E-state index in [4.69, 9.17) is 5.73 Å². The van der Waals surface area contributed by atoms with Gasteiger partial charge in [0.25, 0.3) is 0 Å². The average molecular weight is 368 g/mol. The lowest BCUT2D eigenvalue weighted by Crippen LogP contribution is -2.15. The van der Waals surface area contributed by atoms with Gasteiger partial charge in [0, 0.05) is 30.2 Å². The number of halogens is 2. The van der Waals surface area contributed by atoms with Crippen LogP contribution in [0.1, 0.15) is 43.8 Å². The maximum Gasteiger partial charge on any atom is 0.217 e. The zero-order valence-electron chi connectivity index (χ0n) is 14.5. The fraction of sp³-hybridized carbons (Fsp3) is 0.471. The fourth-order valence-electron chi connectivity index (χ4n) is 2.42. The van der Waals surface area contributed by atoms with Crippen LogP contribution in [0.4, 0.5) is 8.78 Å². The first-order valence-electron chi connectivity index (χ1n) is 8.10. The van der Waals surface area contributed by atoms with Gasteiger partial charge in [-0.2, -0.15) is 0 Å². The van der Waals surface area contributed by atoms with Crippen molar-refractivity contribution in [3.8, 4) is 0 Å². The molecular formula is C17H22F2N4OS. The van der Waals surface area contributed by atoms with Crippen molar-refractivity contribution >= 4 is 17.7 Å². The Morgan fingerprint density at radius 2 is 2.00 bits per heavy atom. The molecule has 2 N–H and O–H groups in total. The largest absolute Gasteiger partial charge is 0.370 e. The van der Waals surface area contributed by atoms with Crippen molar-refractivity contribution < 1.29 is 13.6 Å². The first-order chi connectivity index (χ1) is 11.8. The second kappa shape index (κ2) is 8.42. The summed E-state index contributed by atoms with van der Waals surface area (Å²) in [6.45, 7) is 6.58. The van der Waals surface area contributed by atoms with Crippen molar-refractivity contribution in [2.24, 2.45) is 11.7 Å². The van der Waals surface area contributed by atoms with Crippen molar-refractivity contribution in [3.05, 3.63) is 41.2 Å². The van der Waals surface area contributed by atoms with E-state index >= 15 is 0 Å². The van der Waals surface area contributed by atoms with E-state index in [-0.39, 0.29) is 17.2 Å². The van der Waals surface area contributed by atoms with Crippen LogP contribution in [-0.2, 0) is 17.8 Å². The van der Waals surface area contributed by atoms with Crippen molar-refractivity contribution in [2.75, 3.05) is 0 Å². The van der Waals surface area contributed by atoms with Gasteiger partial charge < -0.3 is 10.3 Å². The number of primary amides is 1. The number of amides is 1.